The van der Waals surface area contributed by atoms with Crippen LogP contribution < -0.4 is 11.1 Å². The highest BCUT2D eigenvalue weighted by molar-refractivity contribution is 5.85. The number of rotatable bonds is 6. The van der Waals surface area contributed by atoms with Crippen LogP contribution in [-0.2, 0) is 17.6 Å². The molecule has 1 aromatic heterocycles. The molecule has 23 heavy (non-hydrogen) atoms. The van der Waals surface area contributed by atoms with Gasteiger partial charge in [-0.15, -0.1) is 0 Å². The second-order valence-corrected chi connectivity index (χ2v) is 5.43. The van der Waals surface area contributed by atoms with Crippen LogP contribution in [0.2, 0.25) is 0 Å². The predicted octanol–water partition coefficient (Wildman–Crippen LogP) is 2.90. The van der Waals surface area contributed by atoms with Crippen molar-refractivity contribution in [2.24, 2.45) is 5.73 Å². The quantitative estimate of drug-likeness (QED) is 0.733. The van der Waals surface area contributed by atoms with Gasteiger partial charge in [0.1, 0.15) is 11.6 Å². The van der Waals surface area contributed by atoms with Crippen LogP contribution in [0.25, 0.3) is 11.1 Å². The minimum Gasteiger partial charge on any atom is -0.441 e. The highest BCUT2D eigenvalue weighted by Crippen LogP contribution is 2.21. The summed E-state index contributed by atoms with van der Waals surface area (Å²) in [6, 6.07) is 14.9. The molecule has 0 saturated heterocycles. The van der Waals surface area contributed by atoms with E-state index in [9.17, 15) is 4.79 Å². The van der Waals surface area contributed by atoms with Crippen LogP contribution in [0, 0.1) is 0 Å². The monoisotopic (exact) mass is 309 g/mol. The first-order valence-corrected chi connectivity index (χ1v) is 7.65. The van der Waals surface area contributed by atoms with Crippen LogP contribution >= 0.6 is 0 Å². The Labute approximate surface area is 134 Å². The summed E-state index contributed by atoms with van der Waals surface area (Å²) in [6.07, 6.45) is 1.28. The van der Waals surface area contributed by atoms with Gasteiger partial charge >= 0.3 is 0 Å². The van der Waals surface area contributed by atoms with Crippen molar-refractivity contribution in [2.75, 3.05) is 5.32 Å². The maximum Gasteiger partial charge on any atom is 0.240 e. The standard InChI is InChI=1S/C18H19N3O2/c1-2-17-21-14-11-13(8-9-16(14)23-17)20-15(18(19)22)10-12-6-4-3-5-7-12/h3-9,11,15,20H,2,10H2,1H3,(H2,19,22)/t15-/m0/s1. The molecule has 0 aliphatic heterocycles. The SMILES string of the molecule is CCc1nc2cc(N[C@@H](Cc3ccccc3)C(N)=O)ccc2o1. The van der Waals surface area contributed by atoms with E-state index < -0.39 is 6.04 Å². The van der Waals surface area contributed by atoms with Crippen molar-refractivity contribution in [1.82, 2.24) is 4.98 Å². The number of benzene rings is 2. The maximum atomic E-state index is 11.7. The smallest absolute Gasteiger partial charge is 0.240 e. The van der Waals surface area contributed by atoms with Crippen LogP contribution in [0.5, 0.6) is 0 Å². The molecule has 5 heteroatoms. The zero-order valence-corrected chi connectivity index (χ0v) is 13.0. The maximum absolute atomic E-state index is 11.7. The fraction of sp³-hybridized carbons (Fsp3) is 0.222. The van der Waals surface area contributed by atoms with Crippen LogP contribution in [0.1, 0.15) is 18.4 Å². The summed E-state index contributed by atoms with van der Waals surface area (Å²) in [5.74, 6) is 0.316. The molecule has 0 bridgehead atoms. The number of hydrogen-bond acceptors (Lipinski definition) is 4. The van der Waals surface area contributed by atoms with E-state index >= 15 is 0 Å². The number of amides is 1. The molecule has 0 aliphatic carbocycles. The van der Waals surface area contributed by atoms with E-state index in [0.29, 0.717) is 12.3 Å². The number of nitrogens with zero attached hydrogens (tertiary/aromatic N) is 1. The largest absolute Gasteiger partial charge is 0.441 e. The van der Waals surface area contributed by atoms with Crippen LogP contribution in [-0.4, -0.2) is 16.9 Å². The number of hydrogen-bond donors (Lipinski definition) is 2. The lowest BCUT2D eigenvalue weighted by Gasteiger charge is -2.16. The number of fused-ring (bicyclic) bond motifs is 1. The van der Waals surface area contributed by atoms with Gasteiger partial charge in [-0.3, -0.25) is 4.79 Å². The van der Waals surface area contributed by atoms with Crippen LogP contribution in [0.4, 0.5) is 5.69 Å². The normalized spacial score (nSPS) is 12.2. The Morgan fingerprint density at radius 3 is 2.74 bits per heavy atom. The Bertz CT molecular complexity index is 812. The molecule has 0 fully saturated rings. The number of nitrogens with one attached hydrogen (secondary N) is 1. The summed E-state index contributed by atoms with van der Waals surface area (Å²) in [4.78, 5) is 16.2. The van der Waals surface area contributed by atoms with Crippen molar-refractivity contribution < 1.29 is 9.21 Å². The predicted molar refractivity (Wildman–Crippen MR) is 90.1 cm³/mol. The highest BCUT2D eigenvalue weighted by atomic mass is 16.3. The van der Waals surface area contributed by atoms with E-state index in [-0.39, 0.29) is 5.91 Å². The average molecular weight is 309 g/mol. The van der Waals surface area contributed by atoms with E-state index in [4.69, 9.17) is 10.2 Å². The Morgan fingerprint density at radius 1 is 1.26 bits per heavy atom. The van der Waals surface area contributed by atoms with Gasteiger partial charge in [0.2, 0.25) is 5.91 Å². The van der Waals surface area contributed by atoms with Gasteiger partial charge in [-0.1, -0.05) is 37.3 Å². The zero-order valence-electron chi connectivity index (χ0n) is 13.0. The molecule has 0 saturated carbocycles. The second-order valence-electron chi connectivity index (χ2n) is 5.43. The fourth-order valence-corrected chi connectivity index (χ4v) is 2.49. The molecule has 0 aliphatic rings. The van der Waals surface area contributed by atoms with Gasteiger partial charge in [0, 0.05) is 18.5 Å². The van der Waals surface area contributed by atoms with Gasteiger partial charge in [-0.2, -0.15) is 0 Å². The third-order valence-corrected chi connectivity index (χ3v) is 3.70. The van der Waals surface area contributed by atoms with E-state index in [1.165, 1.54) is 0 Å². The molecule has 1 heterocycles. The third-order valence-electron chi connectivity index (χ3n) is 3.70. The van der Waals surface area contributed by atoms with Crippen molar-refractivity contribution in [3.8, 4) is 0 Å². The van der Waals surface area contributed by atoms with E-state index in [0.717, 1.165) is 28.8 Å². The number of carbonyl (C=O) groups is 1. The number of oxazole rings is 1. The molecule has 3 aromatic rings. The average Bonchev–Trinajstić information content (AvgIpc) is 2.97. The molecule has 3 rings (SSSR count). The zero-order chi connectivity index (χ0) is 16.2. The first-order valence-electron chi connectivity index (χ1n) is 7.65. The van der Waals surface area contributed by atoms with Crippen LogP contribution in [0.15, 0.2) is 52.9 Å². The molecule has 5 nitrogen and oxygen atoms in total. The molecule has 118 valence electrons. The van der Waals surface area contributed by atoms with E-state index in [1.54, 1.807) is 0 Å². The van der Waals surface area contributed by atoms with Crippen molar-refractivity contribution in [1.29, 1.82) is 0 Å². The third kappa shape index (κ3) is 3.51. The number of aryl methyl sites for hydroxylation is 1. The lowest BCUT2D eigenvalue weighted by molar-refractivity contribution is -0.118. The number of anilines is 1. The Kier molecular flexibility index (Phi) is 4.28. The number of nitrogens with two attached hydrogens (primary N) is 1. The number of aromatic nitrogens is 1. The number of primary amides is 1. The molecule has 0 spiro atoms. The Hall–Kier alpha value is -2.82. The molecule has 2 aromatic carbocycles. The first kappa shape index (κ1) is 15.1. The molecule has 3 N–H and O–H groups in total. The summed E-state index contributed by atoms with van der Waals surface area (Å²) >= 11 is 0. The summed E-state index contributed by atoms with van der Waals surface area (Å²) in [5.41, 5.74) is 8.90. The van der Waals surface area contributed by atoms with Crippen molar-refractivity contribution in [3.63, 3.8) is 0 Å². The second kappa shape index (κ2) is 6.52. The first-order chi connectivity index (χ1) is 11.2. The summed E-state index contributed by atoms with van der Waals surface area (Å²) in [6.45, 7) is 1.99. The fourth-order valence-electron chi connectivity index (χ4n) is 2.49. The lowest BCUT2D eigenvalue weighted by atomic mass is 10.1. The van der Waals surface area contributed by atoms with Crippen LogP contribution in [0.3, 0.4) is 0 Å². The van der Waals surface area contributed by atoms with Gasteiger partial charge < -0.3 is 15.5 Å². The molecule has 0 unspecified atom stereocenters. The minimum atomic E-state index is -0.479. The topological polar surface area (TPSA) is 81.1 Å². The van der Waals surface area contributed by atoms with Crippen molar-refractivity contribution in [3.05, 3.63) is 60.0 Å². The molecular formula is C18H19N3O2. The van der Waals surface area contributed by atoms with E-state index in [1.807, 2.05) is 55.5 Å². The van der Waals surface area contributed by atoms with Gasteiger partial charge in [0.15, 0.2) is 11.5 Å². The molecule has 1 atom stereocenters. The van der Waals surface area contributed by atoms with Gasteiger partial charge in [-0.05, 0) is 23.8 Å². The molecule has 0 radical (unpaired) electrons. The summed E-state index contributed by atoms with van der Waals surface area (Å²) < 4.78 is 5.59. The Morgan fingerprint density at radius 2 is 2.04 bits per heavy atom. The van der Waals surface area contributed by atoms with Gasteiger partial charge in [0.25, 0.3) is 0 Å². The van der Waals surface area contributed by atoms with Gasteiger partial charge in [-0.25, -0.2) is 4.98 Å². The number of carbonyl (C=O) groups excluding carboxylic acids is 1. The summed E-state index contributed by atoms with van der Waals surface area (Å²) in [7, 11) is 0. The van der Waals surface area contributed by atoms with Gasteiger partial charge in [0.05, 0.1) is 0 Å². The lowest BCUT2D eigenvalue weighted by Crippen LogP contribution is -2.37. The summed E-state index contributed by atoms with van der Waals surface area (Å²) in [5, 5.41) is 3.19. The molecule has 1 amide bonds. The van der Waals surface area contributed by atoms with Crippen molar-refractivity contribution in [2.45, 2.75) is 25.8 Å². The Balaban J connectivity index is 1.80. The minimum absolute atomic E-state index is 0.386. The highest BCUT2D eigenvalue weighted by Gasteiger charge is 2.16. The molecular weight excluding hydrogens is 290 g/mol. The van der Waals surface area contributed by atoms with Crippen molar-refractivity contribution >= 4 is 22.7 Å². The van der Waals surface area contributed by atoms with E-state index in [2.05, 4.69) is 10.3 Å².